The lowest BCUT2D eigenvalue weighted by Crippen LogP contribution is -2.03. The molecule has 0 aliphatic heterocycles. The molecule has 1 rings (SSSR count). The molecule has 0 aromatic heterocycles. The average Bonchev–Trinajstić information content (AvgIpc) is 2.32. The molecule has 0 spiro atoms. The van der Waals surface area contributed by atoms with Crippen LogP contribution in [-0.2, 0) is 4.79 Å². The molecular weight excluding hydrogens is 164 g/mol. The van der Waals surface area contributed by atoms with Crippen molar-refractivity contribution in [1.82, 2.24) is 0 Å². The smallest absolute Gasteiger partial charge is 0.165 e. The van der Waals surface area contributed by atoms with E-state index < -0.39 is 6.10 Å². The lowest BCUT2D eigenvalue weighted by Gasteiger charge is -1.98. The minimum Gasteiger partial charge on any atom is -0.388 e. The largest absolute Gasteiger partial charge is 0.388 e. The van der Waals surface area contributed by atoms with E-state index in [2.05, 4.69) is 0 Å². The summed E-state index contributed by atoms with van der Waals surface area (Å²) in [6.45, 7) is 3.71. The number of aliphatic hydroxyl groups excluding tert-OH is 1. The monoisotopic (exact) mass is 178 g/mol. The number of carbonyl (C=O) groups excluding carboxylic acids is 1. The predicted molar refractivity (Wildman–Crippen MR) is 52.3 cm³/mol. The van der Waals surface area contributed by atoms with Crippen molar-refractivity contribution in [2.24, 2.45) is 0 Å². The molecule has 0 radical (unpaired) electrons. The molecule has 0 heterocycles. The Morgan fingerprint density at radius 3 is 2.62 bits per heavy atom. The van der Waals surface area contributed by atoms with E-state index >= 15 is 0 Å². The third-order valence-corrected chi connectivity index (χ3v) is 2.17. The van der Waals surface area contributed by atoms with Gasteiger partial charge in [0.05, 0.1) is 6.10 Å². The molecule has 0 aromatic rings. The SMILES string of the molecule is C/C=C/C=C/C1=C(C)C(O)CC1=O. The van der Waals surface area contributed by atoms with Gasteiger partial charge in [-0.05, 0) is 19.4 Å². The van der Waals surface area contributed by atoms with Crippen molar-refractivity contribution in [2.75, 3.05) is 0 Å². The number of hydrogen-bond donors (Lipinski definition) is 1. The molecule has 1 atom stereocenters. The second-order valence-corrected chi connectivity index (χ2v) is 3.12. The molecule has 0 saturated heterocycles. The Kier molecular flexibility index (Phi) is 3.20. The van der Waals surface area contributed by atoms with E-state index in [4.69, 9.17) is 0 Å². The van der Waals surface area contributed by atoms with Crippen LogP contribution in [0.3, 0.4) is 0 Å². The van der Waals surface area contributed by atoms with Crippen molar-refractivity contribution < 1.29 is 9.90 Å². The normalized spacial score (nSPS) is 24.2. The molecular formula is C11H14O2. The van der Waals surface area contributed by atoms with Crippen LogP contribution >= 0.6 is 0 Å². The topological polar surface area (TPSA) is 37.3 Å². The molecule has 13 heavy (non-hydrogen) atoms. The Balaban J connectivity index is 2.83. The van der Waals surface area contributed by atoms with E-state index in [0.717, 1.165) is 5.57 Å². The van der Waals surface area contributed by atoms with Gasteiger partial charge in [0.25, 0.3) is 0 Å². The number of ketones is 1. The molecule has 1 aliphatic rings. The van der Waals surface area contributed by atoms with Gasteiger partial charge in [0, 0.05) is 12.0 Å². The summed E-state index contributed by atoms with van der Waals surface area (Å²) in [5.74, 6) is 0.0331. The summed E-state index contributed by atoms with van der Waals surface area (Å²) in [5, 5.41) is 9.36. The second-order valence-electron chi connectivity index (χ2n) is 3.12. The highest BCUT2D eigenvalue weighted by Crippen LogP contribution is 2.23. The molecule has 0 aromatic carbocycles. The zero-order chi connectivity index (χ0) is 9.84. The fourth-order valence-electron chi connectivity index (χ4n) is 1.33. The molecule has 0 saturated carbocycles. The van der Waals surface area contributed by atoms with Crippen LogP contribution in [0, 0.1) is 0 Å². The predicted octanol–water partition coefficient (Wildman–Crippen LogP) is 1.77. The first-order valence-corrected chi connectivity index (χ1v) is 4.38. The maximum absolute atomic E-state index is 11.3. The Hall–Kier alpha value is -1.15. The van der Waals surface area contributed by atoms with Gasteiger partial charge in [-0.2, -0.15) is 0 Å². The molecule has 1 aliphatic carbocycles. The molecule has 0 fully saturated rings. The lowest BCUT2D eigenvalue weighted by atomic mass is 10.1. The average molecular weight is 178 g/mol. The van der Waals surface area contributed by atoms with Crippen LogP contribution in [0.4, 0.5) is 0 Å². The minimum absolute atomic E-state index is 0.0331. The summed E-state index contributed by atoms with van der Waals surface area (Å²) in [5.41, 5.74) is 1.44. The second kappa shape index (κ2) is 4.19. The van der Waals surface area contributed by atoms with Crippen molar-refractivity contribution >= 4 is 5.78 Å². The van der Waals surface area contributed by atoms with E-state index in [9.17, 15) is 9.90 Å². The Labute approximate surface area is 78.3 Å². The van der Waals surface area contributed by atoms with Gasteiger partial charge in [-0.15, -0.1) is 0 Å². The van der Waals surface area contributed by atoms with E-state index in [-0.39, 0.29) is 12.2 Å². The number of hydrogen-bond acceptors (Lipinski definition) is 2. The van der Waals surface area contributed by atoms with Crippen molar-refractivity contribution in [2.45, 2.75) is 26.4 Å². The van der Waals surface area contributed by atoms with E-state index in [0.29, 0.717) is 5.57 Å². The highest BCUT2D eigenvalue weighted by molar-refractivity contribution is 6.02. The highest BCUT2D eigenvalue weighted by atomic mass is 16.3. The highest BCUT2D eigenvalue weighted by Gasteiger charge is 2.25. The third-order valence-electron chi connectivity index (χ3n) is 2.17. The number of allylic oxidation sites excluding steroid dienone is 5. The van der Waals surface area contributed by atoms with Crippen LogP contribution in [0.25, 0.3) is 0 Å². The number of rotatable bonds is 2. The van der Waals surface area contributed by atoms with Crippen LogP contribution < -0.4 is 0 Å². The number of Topliss-reactive ketones (excluding diaryl/α,β-unsaturated/α-hetero) is 1. The maximum Gasteiger partial charge on any atom is 0.165 e. The Bertz CT molecular complexity index is 295. The summed E-state index contributed by atoms with van der Waals surface area (Å²) >= 11 is 0. The van der Waals surface area contributed by atoms with Crippen LogP contribution in [0.15, 0.2) is 35.5 Å². The Morgan fingerprint density at radius 2 is 2.15 bits per heavy atom. The number of carbonyl (C=O) groups is 1. The van der Waals surface area contributed by atoms with Gasteiger partial charge in [0.1, 0.15) is 0 Å². The van der Waals surface area contributed by atoms with Crippen LogP contribution in [0.1, 0.15) is 20.3 Å². The fourth-order valence-corrected chi connectivity index (χ4v) is 1.33. The quantitative estimate of drug-likeness (QED) is 0.654. The Morgan fingerprint density at radius 1 is 1.46 bits per heavy atom. The van der Waals surface area contributed by atoms with Gasteiger partial charge in [-0.1, -0.05) is 24.3 Å². The summed E-state index contributed by atoms with van der Waals surface area (Å²) in [6.07, 6.45) is 6.99. The molecule has 0 amide bonds. The van der Waals surface area contributed by atoms with Crippen LogP contribution in [0.5, 0.6) is 0 Å². The van der Waals surface area contributed by atoms with Gasteiger partial charge in [0.15, 0.2) is 5.78 Å². The van der Waals surface area contributed by atoms with Crippen LogP contribution in [-0.4, -0.2) is 17.0 Å². The third kappa shape index (κ3) is 2.16. The van der Waals surface area contributed by atoms with Gasteiger partial charge >= 0.3 is 0 Å². The molecule has 1 unspecified atom stereocenters. The molecule has 2 nitrogen and oxygen atoms in total. The molecule has 0 bridgehead atoms. The van der Waals surface area contributed by atoms with Crippen molar-refractivity contribution in [3.05, 3.63) is 35.5 Å². The summed E-state index contributed by atoms with van der Waals surface area (Å²) in [7, 11) is 0. The van der Waals surface area contributed by atoms with Gasteiger partial charge < -0.3 is 5.11 Å². The van der Waals surface area contributed by atoms with Crippen LogP contribution in [0.2, 0.25) is 0 Å². The van der Waals surface area contributed by atoms with Crippen molar-refractivity contribution in [3.63, 3.8) is 0 Å². The fraction of sp³-hybridized carbons (Fsp3) is 0.364. The van der Waals surface area contributed by atoms with E-state index in [1.54, 1.807) is 13.0 Å². The van der Waals surface area contributed by atoms with Crippen molar-refractivity contribution in [3.8, 4) is 0 Å². The zero-order valence-electron chi connectivity index (χ0n) is 7.95. The van der Waals surface area contributed by atoms with Gasteiger partial charge in [0.2, 0.25) is 0 Å². The van der Waals surface area contributed by atoms with Gasteiger partial charge in [-0.3, -0.25) is 4.79 Å². The lowest BCUT2D eigenvalue weighted by molar-refractivity contribution is -0.115. The molecule has 1 N–H and O–H groups in total. The standard InChI is InChI=1S/C11H14O2/c1-3-4-5-6-9-8(2)10(12)7-11(9)13/h3-6,10,12H,7H2,1-2H3/b4-3+,6-5+. The summed E-state index contributed by atoms with van der Waals surface area (Å²) in [4.78, 5) is 11.3. The summed E-state index contributed by atoms with van der Waals surface area (Å²) < 4.78 is 0. The van der Waals surface area contributed by atoms with E-state index in [1.165, 1.54) is 0 Å². The molecule has 2 heteroatoms. The number of aliphatic hydroxyl groups is 1. The first kappa shape index (κ1) is 9.93. The zero-order valence-corrected chi connectivity index (χ0v) is 7.95. The molecule has 70 valence electrons. The van der Waals surface area contributed by atoms with Gasteiger partial charge in [-0.25, -0.2) is 0 Å². The first-order chi connectivity index (χ1) is 6.16. The first-order valence-electron chi connectivity index (χ1n) is 4.38. The van der Waals surface area contributed by atoms with Crippen molar-refractivity contribution in [1.29, 1.82) is 0 Å². The maximum atomic E-state index is 11.3. The summed E-state index contributed by atoms with van der Waals surface area (Å²) in [6, 6.07) is 0. The van der Waals surface area contributed by atoms with E-state index in [1.807, 2.05) is 25.2 Å². The minimum atomic E-state index is -0.572.